The van der Waals surface area contributed by atoms with Gasteiger partial charge in [-0.25, -0.2) is 0 Å². The standard InChI is InChI=1S/C10H17N3.C8H10/c1-2-9-5-8-12-13(9)10-3-6-11-7-4-10;1-2-8-6-4-3-5-7-8/h5,8,10-11H,2-4,6-7H2,1H3;3-7H,2H2,1H3. The maximum Gasteiger partial charge on any atom is 0.0546 e. The first-order valence-corrected chi connectivity index (χ1v) is 8.12. The molecule has 1 fully saturated rings. The molecule has 0 spiro atoms. The van der Waals surface area contributed by atoms with E-state index in [1.54, 1.807) is 0 Å². The Morgan fingerprint density at radius 1 is 1.05 bits per heavy atom. The van der Waals surface area contributed by atoms with Gasteiger partial charge >= 0.3 is 0 Å². The van der Waals surface area contributed by atoms with Crippen LogP contribution >= 0.6 is 0 Å². The summed E-state index contributed by atoms with van der Waals surface area (Å²) in [5.41, 5.74) is 2.78. The van der Waals surface area contributed by atoms with Crippen molar-refractivity contribution >= 4 is 0 Å². The van der Waals surface area contributed by atoms with E-state index in [0.29, 0.717) is 6.04 Å². The van der Waals surface area contributed by atoms with Crippen molar-refractivity contribution in [3.63, 3.8) is 0 Å². The summed E-state index contributed by atoms with van der Waals surface area (Å²) in [7, 11) is 0. The fourth-order valence-corrected chi connectivity index (χ4v) is 2.72. The van der Waals surface area contributed by atoms with E-state index in [1.165, 1.54) is 24.1 Å². The molecule has 0 unspecified atom stereocenters. The van der Waals surface area contributed by atoms with Gasteiger partial charge in [0.05, 0.1) is 6.04 Å². The molecule has 1 aliphatic rings. The van der Waals surface area contributed by atoms with Crippen LogP contribution in [-0.2, 0) is 12.8 Å². The molecule has 0 amide bonds. The molecule has 0 radical (unpaired) electrons. The van der Waals surface area contributed by atoms with Crippen molar-refractivity contribution in [2.45, 2.75) is 45.6 Å². The molecule has 3 heteroatoms. The van der Waals surface area contributed by atoms with Gasteiger partial charge in [0, 0.05) is 11.9 Å². The topological polar surface area (TPSA) is 29.9 Å². The number of piperidine rings is 1. The molecule has 0 atom stereocenters. The second kappa shape index (κ2) is 8.63. The Hall–Kier alpha value is -1.61. The lowest BCUT2D eigenvalue weighted by Gasteiger charge is -2.24. The number of nitrogens with one attached hydrogen (secondary N) is 1. The molecule has 3 nitrogen and oxygen atoms in total. The zero-order chi connectivity index (χ0) is 14.9. The van der Waals surface area contributed by atoms with Gasteiger partial charge in [-0.15, -0.1) is 0 Å². The molecule has 2 heterocycles. The Kier molecular flexibility index (Phi) is 6.48. The van der Waals surface area contributed by atoms with E-state index in [2.05, 4.69) is 59.3 Å². The lowest BCUT2D eigenvalue weighted by Crippen LogP contribution is -2.30. The summed E-state index contributed by atoms with van der Waals surface area (Å²) >= 11 is 0. The Balaban J connectivity index is 0.000000173. The maximum absolute atomic E-state index is 4.40. The average Bonchev–Trinajstić information content (AvgIpc) is 3.06. The van der Waals surface area contributed by atoms with Gasteiger partial charge in [-0.1, -0.05) is 44.2 Å². The molecule has 0 aliphatic carbocycles. The molecule has 1 saturated heterocycles. The second-order valence-electron chi connectivity index (χ2n) is 5.44. The van der Waals surface area contributed by atoms with E-state index < -0.39 is 0 Å². The number of hydrogen-bond donors (Lipinski definition) is 1. The Bertz CT molecular complexity index is 498. The van der Waals surface area contributed by atoms with Crippen LogP contribution in [0.2, 0.25) is 0 Å². The molecule has 1 N–H and O–H groups in total. The number of nitrogens with zero attached hydrogens (tertiary/aromatic N) is 2. The summed E-state index contributed by atoms with van der Waals surface area (Å²) < 4.78 is 2.21. The third-order valence-corrected chi connectivity index (χ3v) is 4.02. The summed E-state index contributed by atoms with van der Waals surface area (Å²) in [6.07, 6.45) is 6.58. The van der Waals surface area contributed by atoms with Crippen LogP contribution in [0.5, 0.6) is 0 Å². The third-order valence-electron chi connectivity index (χ3n) is 4.02. The predicted molar refractivity (Wildman–Crippen MR) is 88.6 cm³/mol. The number of rotatable bonds is 3. The van der Waals surface area contributed by atoms with Crippen LogP contribution in [0.3, 0.4) is 0 Å². The Labute approximate surface area is 128 Å². The quantitative estimate of drug-likeness (QED) is 0.933. The molecule has 0 saturated carbocycles. The molecule has 114 valence electrons. The summed E-state index contributed by atoms with van der Waals surface area (Å²) in [5, 5.41) is 7.77. The number of aryl methyl sites for hydroxylation is 2. The van der Waals surface area contributed by atoms with Crippen LogP contribution in [0, 0.1) is 0 Å². The van der Waals surface area contributed by atoms with E-state index >= 15 is 0 Å². The highest BCUT2D eigenvalue weighted by atomic mass is 15.3. The van der Waals surface area contributed by atoms with Crippen molar-refractivity contribution in [3.05, 3.63) is 53.9 Å². The van der Waals surface area contributed by atoms with Crippen LogP contribution in [0.4, 0.5) is 0 Å². The minimum absolute atomic E-state index is 0.631. The molecule has 2 aromatic rings. The highest BCUT2D eigenvalue weighted by Gasteiger charge is 2.16. The Morgan fingerprint density at radius 2 is 1.76 bits per heavy atom. The summed E-state index contributed by atoms with van der Waals surface area (Å²) in [5.74, 6) is 0. The summed E-state index contributed by atoms with van der Waals surface area (Å²) in [6, 6.07) is 13.2. The number of aromatic nitrogens is 2. The van der Waals surface area contributed by atoms with Gasteiger partial charge in [-0.3, -0.25) is 4.68 Å². The molecule has 21 heavy (non-hydrogen) atoms. The van der Waals surface area contributed by atoms with Crippen LogP contribution in [-0.4, -0.2) is 22.9 Å². The normalized spacial score (nSPS) is 15.3. The molecule has 1 aromatic carbocycles. The fourth-order valence-electron chi connectivity index (χ4n) is 2.72. The monoisotopic (exact) mass is 285 g/mol. The molecule has 3 rings (SSSR count). The highest BCUT2D eigenvalue weighted by molar-refractivity contribution is 5.13. The van der Waals surface area contributed by atoms with E-state index in [-0.39, 0.29) is 0 Å². The first-order valence-electron chi connectivity index (χ1n) is 8.12. The second-order valence-corrected chi connectivity index (χ2v) is 5.44. The van der Waals surface area contributed by atoms with Crippen molar-refractivity contribution in [2.24, 2.45) is 0 Å². The molecule has 1 aromatic heterocycles. The van der Waals surface area contributed by atoms with Gasteiger partial charge in [0.2, 0.25) is 0 Å². The van der Waals surface area contributed by atoms with Crippen LogP contribution in [0.25, 0.3) is 0 Å². The third kappa shape index (κ3) is 4.71. The largest absolute Gasteiger partial charge is 0.317 e. The van der Waals surface area contributed by atoms with E-state index in [9.17, 15) is 0 Å². The lowest BCUT2D eigenvalue weighted by molar-refractivity contribution is 0.336. The van der Waals surface area contributed by atoms with E-state index in [0.717, 1.165) is 25.9 Å². The van der Waals surface area contributed by atoms with Crippen molar-refractivity contribution in [1.82, 2.24) is 15.1 Å². The molecule has 0 bridgehead atoms. The van der Waals surface area contributed by atoms with Crippen LogP contribution in [0.1, 0.15) is 44.0 Å². The Morgan fingerprint density at radius 3 is 2.33 bits per heavy atom. The number of benzene rings is 1. The smallest absolute Gasteiger partial charge is 0.0546 e. The average molecular weight is 285 g/mol. The van der Waals surface area contributed by atoms with Crippen molar-refractivity contribution in [1.29, 1.82) is 0 Å². The molecule has 1 aliphatic heterocycles. The summed E-state index contributed by atoms with van der Waals surface area (Å²) in [4.78, 5) is 0. The minimum Gasteiger partial charge on any atom is -0.317 e. The first-order chi connectivity index (χ1) is 10.3. The zero-order valence-corrected chi connectivity index (χ0v) is 13.3. The number of hydrogen-bond acceptors (Lipinski definition) is 2. The van der Waals surface area contributed by atoms with Gasteiger partial charge in [0.1, 0.15) is 0 Å². The van der Waals surface area contributed by atoms with Crippen LogP contribution in [0.15, 0.2) is 42.6 Å². The van der Waals surface area contributed by atoms with E-state index in [4.69, 9.17) is 0 Å². The lowest BCUT2D eigenvalue weighted by atomic mass is 10.1. The highest BCUT2D eigenvalue weighted by Crippen LogP contribution is 2.19. The first kappa shape index (κ1) is 15.8. The zero-order valence-electron chi connectivity index (χ0n) is 13.3. The minimum atomic E-state index is 0.631. The van der Waals surface area contributed by atoms with Gasteiger partial charge < -0.3 is 5.32 Å². The van der Waals surface area contributed by atoms with E-state index in [1.807, 2.05) is 12.3 Å². The molecular weight excluding hydrogens is 258 g/mol. The predicted octanol–water partition coefficient (Wildman–Crippen LogP) is 3.62. The van der Waals surface area contributed by atoms with Gasteiger partial charge in [0.25, 0.3) is 0 Å². The SMILES string of the molecule is CCc1ccccc1.CCc1ccnn1C1CCNCC1. The van der Waals surface area contributed by atoms with Crippen molar-refractivity contribution < 1.29 is 0 Å². The van der Waals surface area contributed by atoms with Crippen molar-refractivity contribution in [2.75, 3.05) is 13.1 Å². The van der Waals surface area contributed by atoms with Crippen LogP contribution < -0.4 is 5.32 Å². The van der Waals surface area contributed by atoms with Crippen molar-refractivity contribution in [3.8, 4) is 0 Å². The fraction of sp³-hybridized carbons (Fsp3) is 0.500. The van der Waals surface area contributed by atoms with Gasteiger partial charge in [-0.05, 0) is 50.4 Å². The summed E-state index contributed by atoms with van der Waals surface area (Å²) in [6.45, 7) is 6.62. The van der Waals surface area contributed by atoms with Gasteiger partial charge in [-0.2, -0.15) is 5.10 Å². The maximum atomic E-state index is 4.40. The van der Waals surface area contributed by atoms with Gasteiger partial charge in [0.15, 0.2) is 0 Å². The molecular formula is C18H27N3.